The Labute approximate surface area is 144 Å². The molecule has 2 heteroatoms. The SMILES string of the molecule is C=CC(=O)OCCCCCCCCCCCC/C=C/CCCC. The third kappa shape index (κ3) is 18.9. The molecule has 0 unspecified atom stereocenters. The van der Waals surface area contributed by atoms with Crippen LogP contribution in [0.3, 0.4) is 0 Å². The summed E-state index contributed by atoms with van der Waals surface area (Å²) in [6.45, 7) is 6.16. The lowest BCUT2D eigenvalue weighted by molar-refractivity contribution is -0.137. The van der Waals surface area contributed by atoms with Crippen molar-refractivity contribution in [3.8, 4) is 0 Å². The molecule has 0 aliphatic heterocycles. The summed E-state index contributed by atoms with van der Waals surface area (Å²) in [4.78, 5) is 10.8. The second kappa shape index (κ2) is 19.0. The molecule has 0 radical (unpaired) electrons. The Hall–Kier alpha value is -1.05. The van der Waals surface area contributed by atoms with Crippen LogP contribution in [0.1, 0.15) is 96.8 Å². The first-order valence-electron chi connectivity index (χ1n) is 9.75. The van der Waals surface area contributed by atoms with Gasteiger partial charge in [0, 0.05) is 6.08 Å². The third-order valence-corrected chi connectivity index (χ3v) is 4.07. The molecule has 0 rings (SSSR count). The van der Waals surface area contributed by atoms with Crippen molar-refractivity contribution in [2.75, 3.05) is 6.61 Å². The Balaban J connectivity index is 3.06. The molecule has 0 saturated carbocycles. The first kappa shape index (κ1) is 21.9. The minimum Gasteiger partial charge on any atom is -0.463 e. The average Bonchev–Trinajstić information content (AvgIpc) is 2.57. The first-order valence-corrected chi connectivity index (χ1v) is 9.75. The van der Waals surface area contributed by atoms with E-state index < -0.39 is 0 Å². The molecule has 0 aromatic carbocycles. The lowest BCUT2D eigenvalue weighted by Crippen LogP contribution is -2.01. The molecule has 0 spiro atoms. The van der Waals surface area contributed by atoms with Crippen molar-refractivity contribution in [1.82, 2.24) is 0 Å². The molecular formula is C21H38O2. The van der Waals surface area contributed by atoms with Crippen LogP contribution in [-0.2, 0) is 9.53 Å². The summed E-state index contributed by atoms with van der Waals surface area (Å²) < 4.78 is 4.95. The van der Waals surface area contributed by atoms with E-state index in [1.165, 1.54) is 83.1 Å². The Bertz CT molecular complexity index is 294. The van der Waals surface area contributed by atoms with Gasteiger partial charge >= 0.3 is 5.97 Å². The minimum atomic E-state index is -0.304. The van der Waals surface area contributed by atoms with Gasteiger partial charge in [0.2, 0.25) is 0 Å². The molecular weight excluding hydrogens is 284 g/mol. The van der Waals surface area contributed by atoms with Crippen LogP contribution in [-0.4, -0.2) is 12.6 Å². The molecule has 0 amide bonds. The zero-order valence-corrected chi connectivity index (χ0v) is 15.4. The van der Waals surface area contributed by atoms with E-state index in [1.807, 2.05) is 0 Å². The normalized spacial score (nSPS) is 11.0. The summed E-state index contributed by atoms with van der Waals surface area (Å²) in [6, 6.07) is 0. The zero-order valence-electron chi connectivity index (χ0n) is 15.4. The number of allylic oxidation sites excluding steroid dienone is 2. The molecule has 0 aliphatic carbocycles. The average molecular weight is 323 g/mol. The molecule has 134 valence electrons. The van der Waals surface area contributed by atoms with E-state index in [4.69, 9.17) is 4.74 Å². The van der Waals surface area contributed by atoms with Gasteiger partial charge in [-0.05, 0) is 25.7 Å². The first-order chi connectivity index (χ1) is 11.3. The van der Waals surface area contributed by atoms with Crippen LogP contribution in [0.4, 0.5) is 0 Å². The maximum Gasteiger partial charge on any atom is 0.330 e. The van der Waals surface area contributed by atoms with Crippen LogP contribution in [0.15, 0.2) is 24.8 Å². The van der Waals surface area contributed by atoms with Crippen LogP contribution in [0.5, 0.6) is 0 Å². The van der Waals surface area contributed by atoms with Gasteiger partial charge in [-0.2, -0.15) is 0 Å². The molecule has 0 saturated heterocycles. The van der Waals surface area contributed by atoms with Crippen LogP contribution in [0, 0.1) is 0 Å². The van der Waals surface area contributed by atoms with E-state index in [0.717, 1.165) is 12.8 Å². The zero-order chi connectivity index (χ0) is 17.0. The van der Waals surface area contributed by atoms with Gasteiger partial charge in [0.1, 0.15) is 0 Å². The van der Waals surface area contributed by atoms with Crippen molar-refractivity contribution >= 4 is 5.97 Å². The molecule has 0 fully saturated rings. The van der Waals surface area contributed by atoms with Crippen molar-refractivity contribution in [3.63, 3.8) is 0 Å². The lowest BCUT2D eigenvalue weighted by atomic mass is 10.1. The molecule has 0 heterocycles. The van der Waals surface area contributed by atoms with Crippen LogP contribution in [0.25, 0.3) is 0 Å². The molecule has 2 nitrogen and oxygen atoms in total. The van der Waals surface area contributed by atoms with Gasteiger partial charge in [-0.1, -0.05) is 89.9 Å². The van der Waals surface area contributed by atoms with Crippen molar-refractivity contribution in [2.45, 2.75) is 96.8 Å². The highest BCUT2D eigenvalue weighted by Gasteiger charge is 1.96. The number of unbranched alkanes of at least 4 members (excludes halogenated alkanes) is 12. The maximum absolute atomic E-state index is 10.8. The molecule has 0 aromatic rings. The molecule has 0 atom stereocenters. The summed E-state index contributed by atoms with van der Waals surface area (Å²) in [5.74, 6) is -0.304. The summed E-state index contributed by atoms with van der Waals surface area (Å²) in [7, 11) is 0. The van der Waals surface area contributed by atoms with Crippen LogP contribution >= 0.6 is 0 Å². The Morgan fingerprint density at radius 2 is 1.26 bits per heavy atom. The van der Waals surface area contributed by atoms with E-state index >= 15 is 0 Å². The van der Waals surface area contributed by atoms with Crippen molar-refractivity contribution in [2.24, 2.45) is 0 Å². The predicted octanol–water partition coefficient (Wildman–Crippen LogP) is 6.75. The number of ether oxygens (including phenoxy) is 1. The van der Waals surface area contributed by atoms with Gasteiger partial charge in [0.25, 0.3) is 0 Å². The Kier molecular flexibility index (Phi) is 18.1. The quantitative estimate of drug-likeness (QED) is 0.128. The molecule has 0 aliphatic rings. The fraction of sp³-hybridized carbons (Fsp3) is 0.762. The summed E-state index contributed by atoms with van der Waals surface area (Å²) >= 11 is 0. The minimum absolute atomic E-state index is 0.304. The number of hydrogen-bond donors (Lipinski definition) is 0. The van der Waals surface area contributed by atoms with Gasteiger partial charge in [-0.3, -0.25) is 0 Å². The fourth-order valence-corrected chi connectivity index (χ4v) is 2.57. The van der Waals surface area contributed by atoms with E-state index in [9.17, 15) is 4.79 Å². The van der Waals surface area contributed by atoms with E-state index in [-0.39, 0.29) is 5.97 Å². The van der Waals surface area contributed by atoms with Gasteiger partial charge in [-0.25, -0.2) is 4.79 Å². The second-order valence-electron chi connectivity index (χ2n) is 6.31. The Morgan fingerprint density at radius 1 is 0.783 bits per heavy atom. The van der Waals surface area contributed by atoms with Gasteiger partial charge in [0.05, 0.1) is 6.61 Å². The molecule has 0 aromatic heterocycles. The monoisotopic (exact) mass is 322 g/mol. The largest absolute Gasteiger partial charge is 0.463 e. The second-order valence-corrected chi connectivity index (χ2v) is 6.31. The highest BCUT2D eigenvalue weighted by Crippen LogP contribution is 2.11. The number of carbonyl (C=O) groups is 1. The third-order valence-electron chi connectivity index (χ3n) is 4.07. The molecule has 0 N–H and O–H groups in total. The smallest absolute Gasteiger partial charge is 0.330 e. The van der Waals surface area contributed by atoms with Crippen molar-refractivity contribution in [1.29, 1.82) is 0 Å². The van der Waals surface area contributed by atoms with Crippen LogP contribution < -0.4 is 0 Å². The van der Waals surface area contributed by atoms with Crippen LogP contribution in [0.2, 0.25) is 0 Å². The maximum atomic E-state index is 10.8. The molecule has 0 bridgehead atoms. The van der Waals surface area contributed by atoms with E-state index in [2.05, 4.69) is 25.7 Å². The summed E-state index contributed by atoms with van der Waals surface area (Å²) in [6.07, 6.45) is 24.0. The van der Waals surface area contributed by atoms with E-state index in [1.54, 1.807) is 0 Å². The highest BCUT2D eigenvalue weighted by atomic mass is 16.5. The van der Waals surface area contributed by atoms with Gasteiger partial charge in [-0.15, -0.1) is 0 Å². The molecule has 23 heavy (non-hydrogen) atoms. The Morgan fingerprint density at radius 3 is 1.78 bits per heavy atom. The predicted molar refractivity (Wildman–Crippen MR) is 101 cm³/mol. The van der Waals surface area contributed by atoms with Gasteiger partial charge in [0.15, 0.2) is 0 Å². The summed E-state index contributed by atoms with van der Waals surface area (Å²) in [5.41, 5.74) is 0. The van der Waals surface area contributed by atoms with E-state index in [0.29, 0.717) is 6.61 Å². The summed E-state index contributed by atoms with van der Waals surface area (Å²) in [5, 5.41) is 0. The number of rotatable bonds is 17. The standard InChI is InChI=1S/C21H38O2/c1-3-5-6-7-8-9-10-11-12-13-14-15-16-17-18-19-20-23-21(22)4-2/h4,7-8H,2-3,5-6,9-20H2,1H3/b8-7+. The highest BCUT2D eigenvalue weighted by molar-refractivity contribution is 5.81. The van der Waals surface area contributed by atoms with Crippen molar-refractivity contribution in [3.05, 3.63) is 24.8 Å². The fourth-order valence-electron chi connectivity index (χ4n) is 2.57. The lowest BCUT2D eigenvalue weighted by Gasteiger charge is -2.03. The topological polar surface area (TPSA) is 26.3 Å². The van der Waals surface area contributed by atoms with Crippen molar-refractivity contribution < 1.29 is 9.53 Å². The number of esters is 1. The van der Waals surface area contributed by atoms with Gasteiger partial charge < -0.3 is 4.74 Å². The number of carbonyl (C=O) groups excluding carboxylic acids is 1. The number of hydrogen-bond acceptors (Lipinski definition) is 2.